The van der Waals surface area contributed by atoms with Crippen LogP contribution >= 0.6 is 0 Å². The molecule has 4 heteroatoms. The summed E-state index contributed by atoms with van der Waals surface area (Å²) in [7, 11) is 0. The van der Waals surface area contributed by atoms with Crippen LogP contribution in [0.1, 0.15) is 22.3 Å². The lowest BCUT2D eigenvalue weighted by atomic mass is 9.99. The molecule has 2 aromatic heterocycles. The second kappa shape index (κ2) is 9.53. The van der Waals surface area contributed by atoms with E-state index in [1.165, 1.54) is 44.4 Å². The molecule has 9 rings (SSSR count). The lowest BCUT2D eigenvalue weighted by molar-refractivity contribution is 0.977. The highest BCUT2D eigenvalue weighted by atomic mass is 15.2. The Kier molecular flexibility index (Phi) is 5.35. The molecule has 43 heavy (non-hydrogen) atoms. The van der Waals surface area contributed by atoms with Crippen molar-refractivity contribution in [3.63, 3.8) is 0 Å². The van der Waals surface area contributed by atoms with Gasteiger partial charge in [-0.1, -0.05) is 78.9 Å². The van der Waals surface area contributed by atoms with Gasteiger partial charge in [-0.05, 0) is 83.6 Å². The molecule has 0 saturated carbocycles. The van der Waals surface area contributed by atoms with Gasteiger partial charge in [0.05, 0.1) is 22.4 Å². The molecule has 4 heterocycles. The molecule has 0 radical (unpaired) electrons. The SMILES string of the molecule is c1ccc(-n2c3ccccc3c3ccc(N4c5ccccc5CCc5ccc(C6=Nc7ccccc7C6)cc54)cc32)nc1. The summed E-state index contributed by atoms with van der Waals surface area (Å²) in [6.45, 7) is 0. The zero-order valence-corrected chi connectivity index (χ0v) is 23.6. The number of hydrogen-bond acceptors (Lipinski definition) is 3. The lowest BCUT2D eigenvalue weighted by Gasteiger charge is -2.28. The van der Waals surface area contributed by atoms with Gasteiger partial charge in [0.15, 0.2) is 0 Å². The average Bonchev–Trinajstić information content (AvgIpc) is 3.59. The van der Waals surface area contributed by atoms with Crippen LogP contribution in [0.4, 0.5) is 22.7 Å². The number of pyridine rings is 1. The molecule has 0 fully saturated rings. The van der Waals surface area contributed by atoms with Gasteiger partial charge in [-0.25, -0.2) is 4.98 Å². The van der Waals surface area contributed by atoms with Gasteiger partial charge >= 0.3 is 0 Å². The minimum absolute atomic E-state index is 0.863. The van der Waals surface area contributed by atoms with E-state index in [0.717, 1.165) is 53.2 Å². The van der Waals surface area contributed by atoms with Crippen molar-refractivity contribution in [2.24, 2.45) is 4.99 Å². The van der Waals surface area contributed by atoms with E-state index in [0.29, 0.717) is 0 Å². The maximum absolute atomic E-state index is 5.03. The number of aliphatic imine (C=N–C) groups is 1. The van der Waals surface area contributed by atoms with Gasteiger partial charge in [0.1, 0.15) is 5.82 Å². The van der Waals surface area contributed by atoms with Crippen LogP contribution in [-0.2, 0) is 19.3 Å². The second-order valence-corrected chi connectivity index (χ2v) is 11.4. The molecule has 0 unspecified atom stereocenters. The van der Waals surface area contributed by atoms with Crippen molar-refractivity contribution in [1.82, 2.24) is 9.55 Å². The number of para-hydroxylation sites is 3. The van der Waals surface area contributed by atoms with Crippen molar-refractivity contribution in [1.29, 1.82) is 0 Å². The van der Waals surface area contributed by atoms with Gasteiger partial charge < -0.3 is 4.90 Å². The molecule has 0 atom stereocenters. The van der Waals surface area contributed by atoms with Gasteiger partial charge in [0.2, 0.25) is 0 Å². The fourth-order valence-corrected chi connectivity index (χ4v) is 6.91. The average molecular weight is 553 g/mol. The summed E-state index contributed by atoms with van der Waals surface area (Å²) in [5, 5.41) is 2.45. The lowest BCUT2D eigenvalue weighted by Crippen LogP contribution is -2.13. The summed E-state index contributed by atoms with van der Waals surface area (Å²) >= 11 is 0. The van der Waals surface area contributed by atoms with E-state index in [4.69, 9.17) is 9.98 Å². The summed E-state index contributed by atoms with van der Waals surface area (Å²) in [4.78, 5) is 12.3. The van der Waals surface area contributed by atoms with Crippen molar-refractivity contribution >= 4 is 50.3 Å². The van der Waals surface area contributed by atoms with Crippen LogP contribution in [0.5, 0.6) is 0 Å². The highest BCUT2D eigenvalue weighted by Crippen LogP contribution is 2.44. The fourth-order valence-electron chi connectivity index (χ4n) is 6.91. The van der Waals surface area contributed by atoms with Gasteiger partial charge in [-0.2, -0.15) is 0 Å². The van der Waals surface area contributed by atoms with Crippen molar-refractivity contribution in [3.8, 4) is 5.82 Å². The first-order chi connectivity index (χ1) is 21.3. The molecular formula is C39H28N4. The molecule has 204 valence electrons. The largest absolute Gasteiger partial charge is 0.310 e. The summed E-state index contributed by atoms with van der Waals surface area (Å²) in [6.07, 6.45) is 4.72. The van der Waals surface area contributed by atoms with Crippen LogP contribution in [0.3, 0.4) is 0 Å². The monoisotopic (exact) mass is 552 g/mol. The molecule has 0 N–H and O–H groups in total. The number of benzene rings is 5. The van der Waals surface area contributed by atoms with Crippen LogP contribution in [0.2, 0.25) is 0 Å². The predicted octanol–water partition coefficient (Wildman–Crippen LogP) is 9.42. The molecule has 2 aliphatic rings. The van der Waals surface area contributed by atoms with E-state index in [1.807, 2.05) is 12.3 Å². The Labute approximate surface area is 250 Å². The number of fused-ring (bicyclic) bond motifs is 6. The van der Waals surface area contributed by atoms with E-state index in [9.17, 15) is 0 Å². The van der Waals surface area contributed by atoms with Crippen molar-refractivity contribution in [2.75, 3.05) is 4.90 Å². The quantitative estimate of drug-likeness (QED) is 0.219. The van der Waals surface area contributed by atoms with Gasteiger partial charge in [-0.3, -0.25) is 9.56 Å². The van der Waals surface area contributed by atoms with Crippen molar-refractivity contribution in [2.45, 2.75) is 19.3 Å². The van der Waals surface area contributed by atoms with E-state index >= 15 is 0 Å². The van der Waals surface area contributed by atoms with Crippen LogP contribution < -0.4 is 4.90 Å². The van der Waals surface area contributed by atoms with E-state index in [1.54, 1.807) is 0 Å². The van der Waals surface area contributed by atoms with Crippen LogP contribution in [-0.4, -0.2) is 15.3 Å². The highest BCUT2D eigenvalue weighted by molar-refractivity contribution is 6.11. The topological polar surface area (TPSA) is 33.4 Å². The van der Waals surface area contributed by atoms with Gasteiger partial charge in [0.25, 0.3) is 0 Å². The molecule has 0 aliphatic carbocycles. The van der Waals surface area contributed by atoms with E-state index in [2.05, 4.69) is 131 Å². The molecule has 0 saturated heterocycles. The Bertz CT molecular complexity index is 2220. The Balaban J connectivity index is 1.27. The first-order valence-corrected chi connectivity index (χ1v) is 14.9. The smallest absolute Gasteiger partial charge is 0.137 e. The summed E-state index contributed by atoms with van der Waals surface area (Å²) < 4.78 is 2.29. The van der Waals surface area contributed by atoms with Crippen molar-refractivity contribution < 1.29 is 0 Å². The van der Waals surface area contributed by atoms with Crippen LogP contribution in [0.25, 0.3) is 27.6 Å². The van der Waals surface area contributed by atoms with Crippen molar-refractivity contribution in [3.05, 3.63) is 156 Å². The fraction of sp³-hybridized carbons (Fsp3) is 0.0769. The second-order valence-electron chi connectivity index (χ2n) is 11.4. The highest BCUT2D eigenvalue weighted by Gasteiger charge is 2.25. The Morgan fingerprint density at radius 3 is 2.21 bits per heavy atom. The Morgan fingerprint density at radius 2 is 1.33 bits per heavy atom. The maximum Gasteiger partial charge on any atom is 0.137 e. The summed E-state index contributed by atoms with van der Waals surface area (Å²) in [5.74, 6) is 0.920. The molecular weight excluding hydrogens is 524 g/mol. The van der Waals surface area contributed by atoms with Gasteiger partial charge in [0, 0.05) is 40.5 Å². The third-order valence-electron chi connectivity index (χ3n) is 8.95. The zero-order chi connectivity index (χ0) is 28.3. The minimum atomic E-state index is 0.863. The maximum atomic E-state index is 5.03. The molecule has 2 aliphatic heterocycles. The van der Waals surface area contributed by atoms with Crippen LogP contribution in [0.15, 0.2) is 139 Å². The Hall–Kier alpha value is -5.48. The van der Waals surface area contributed by atoms with Crippen LogP contribution in [0, 0.1) is 0 Å². The normalized spacial score (nSPS) is 13.9. The predicted molar refractivity (Wildman–Crippen MR) is 177 cm³/mol. The molecule has 0 bridgehead atoms. The first-order valence-electron chi connectivity index (χ1n) is 14.9. The Morgan fingerprint density at radius 1 is 0.558 bits per heavy atom. The number of nitrogens with zero attached hydrogens (tertiary/aromatic N) is 4. The standard InChI is InChI=1S/C39H28N4/c1-4-12-33-28(10-1)23-34(41-33)29-19-18-27-17-16-26-9-2-5-13-35(26)42(37(27)24-29)30-20-21-32-31-11-3-6-14-36(31)43(38(32)25-30)39-15-7-8-22-40-39/h1-15,18-22,24-25H,16-17,23H2. The number of rotatable bonds is 3. The minimum Gasteiger partial charge on any atom is -0.310 e. The third kappa shape index (κ3) is 3.84. The molecule has 0 spiro atoms. The first kappa shape index (κ1) is 24.2. The summed E-state index contributed by atoms with van der Waals surface area (Å²) in [6, 6.07) is 45.9. The molecule has 5 aromatic carbocycles. The van der Waals surface area contributed by atoms with Gasteiger partial charge in [-0.15, -0.1) is 0 Å². The molecule has 0 amide bonds. The van der Waals surface area contributed by atoms with E-state index in [-0.39, 0.29) is 0 Å². The zero-order valence-electron chi connectivity index (χ0n) is 23.6. The number of aryl methyl sites for hydroxylation is 2. The number of aromatic nitrogens is 2. The molecule has 4 nitrogen and oxygen atoms in total. The number of anilines is 3. The third-order valence-corrected chi connectivity index (χ3v) is 8.95. The van der Waals surface area contributed by atoms with E-state index < -0.39 is 0 Å². The number of hydrogen-bond donors (Lipinski definition) is 0. The summed E-state index contributed by atoms with van der Waals surface area (Å²) in [5.41, 5.74) is 13.3. The molecule has 7 aromatic rings.